The van der Waals surface area contributed by atoms with Crippen LogP contribution in [0.1, 0.15) is 5.56 Å². The quantitative estimate of drug-likeness (QED) is 0.266. The van der Waals surface area contributed by atoms with Gasteiger partial charge in [-0.05, 0) is 48.5 Å². The summed E-state index contributed by atoms with van der Waals surface area (Å²) in [6.07, 6.45) is -4.73. The first-order valence-corrected chi connectivity index (χ1v) is 12.4. The molecule has 0 aliphatic carbocycles. The van der Waals surface area contributed by atoms with Crippen molar-refractivity contribution in [2.24, 2.45) is 10.2 Å². The lowest BCUT2D eigenvalue weighted by Gasteiger charge is -2.23. The maximum Gasteiger partial charge on any atom is 0.416 e. The van der Waals surface area contributed by atoms with Gasteiger partial charge in [0.25, 0.3) is 15.9 Å². The number of aromatic amines is 1. The summed E-state index contributed by atoms with van der Waals surface area (Å²) >= 11 is 3.29. The van der Waals surface area contributed by atoms with E-state index < -0.39 is 34.2 Å². The van der Waals surface area contributed by atoms with Crippen molar-refractivity contribution in [1.82, 2.24) is 4.98 Å². The number of aromatic hydroxyl groups is 1. The summed E-state index contributed by atoms with van der Waals surface area (Å²) in [5, 5.41) is 17.8. The molecular weight excluding hydrogens is 565 g/mol. The topological polar surface area (TPSA) is 115 Å². The van der Waals surface area contributed by atoms with Gasteiger partial charge in [0, 0.05) is 9.86 Å². The van der Waals surface area contributed by atoms with Crippen LogP contribution in [0.3, 0.4) is 0 Å². The molecule has 0 unspecified atom stereocenters. The van der Waals surface area contributed by atoms with Crippen LogP contribution in [0.25, 0.3) is 10.9 Å². The van der Waals surface area contributed by atoms with E-state index in [9.17, 15) is 31.5 Å². The van der Waals surface area contributed by atoms with Crippen molar-refractivity contribution in [3.63, 3.8) is 0 Å². The number of azo groups is 1. The maximum atomic E-state index is 13.3. The summed E-state index contributed by atoms with van der Waals surface area (Å²) in [6, 6.07) is 15.6. The number of benzene rings is 3. The Kier molecular flexibility index (Phi) is 6.87. The monoisotopic (exact) mass is 580 g/mol. The predicted molar refractivity (Wildman–Crippen MR) is 130 cm³/mol. The van der Waals surface area contributed by atoms with Gasteiger partial charge in [0.05, 0.1) is 21.7 Å². The molecule has 1 amide bonds. The average Bonchev–Trinajstić information content (AvgIpc) is 3.15. The van der Waals surface area contributed by atoms with Gasteiger partial charge in [0.2, 0.25) is 5.88 Å². The van der Waals surface area contributed by atoms with Crippen LogP contribution in [-0.4, -0.2) is 31.0 Å². The van der Waals surface area contributed by atoms with E-state index in [0.29, 0.717) is 25.7 Å². The Morgan fingerprint density at radius 2 is 1.75 bits per heavy atom. The van der Waals surface area contributed by atoms with Gasteiger partial charge in [0.15, 0.2) is 5.69 Å². The van der Waals surface area contributed by atoms with E-state index in [4.69, 9.17) is 0 Å². The number of sulfonamides is 1. The molecule has 4 rings (SSSR count). The fraction of sp³-hybridized carbons (Fsp3) is 0.0870. The van der Waals surface area contributed by atoms with Crippen molar-refractivity contribution in [3.8, 4) is 5.88 Å². The lowest BCUT2D eigenvalue weighted by Crippen LogP contribution is -2.35. The van der Waals surface area contributed by atoms with Crippen LogP contribution in [0.2, 0.25) is 0 Å². The van der Waals surface area contributed by atoms with Crippen molar-refractivity contribution in [3.05, 3.63) is 82.8 Å². The molecule has 0 bridgehead atoms. The third kappa shape index (κ3) is 5.26. The highest BCUT2D eigenvalue weighted by Gasteiger charge is 2.33. The summed E-state index contributed by atoms with van der Waals surface area (Å²) in [5.41, 5.74) is -1.02. The van der Waals surface area contributed by atoms with Gasteiger partial charge < -0.3 is 10.1 Å². The molecule has 1 heterocycles. The van der Waals surface area contributed by atoms with Crippen LogP contribution in [0.15, 0.2) is 92.4 Å². The van der Waals surface area contributed by atoms with E-state index in [-0.39, 0.29) is 22.2 Å². The highest BCUT2D eigenvalue weighted by atomic mass is 79.9. The summed E-state index contributed by atoms with van der Waals surface area (Å²) in [5.74, 6) is -1.44. The number of nitrogens with one attached hydrogen (secondary N) is 1. The Morgan fingerprint density at radius 3 is 2.44 bits per heavy atom. The summed E-state index contributed by atoms with van der Waals surface area (Å²) < 4.78 is 67.7. The molecule has 0 fully saturated rings. The second-order valence-electron chi connectivity index (χ2n) is 7.48. The molecule has 13 heteroatoms. The molecule has 8 nitrogen and oxygen atoms in total. The zero-order valence-corrected chi connectivity index (χ0v) is 20.5. The van der Waals surface area contributed by atoms with E-state index >= 15 is 0 Å². The van der Waals surface area contributed by atoms with Gasteiger partial charge in [-0.1, -0.05) is 40.2 Å². The van der Waals surface area contributed by atoms with Crippen LogP contribution < -0.4 is 4.31 Å². The first kappa shape index (κ1) is 25.4. The first-order chi connectivity index (χ1) is 17.0. The van der Waals surface area contributed by atoms with Crippen molar-refractivity contribution in [1.29, 1.82) is 0 Å². The highest BCUT2D eigenvalue weighted by Crippen LogP contribution is 2.37. The summed E-state index contributed by atoms with van der Waals surface area (Å²) in [7, 11) is -4.45. The van der Waals surface area contributed by atoms with Crippen molar-refractivity contribution in [2.45, 2.75) is 11.1 Å². The third-order valence-corrected chi connectivity index (χ3v) is 7.33. The van der Waals surface area contributed by atoms with Gasteiger partial charge in [0.1, 0.15) is 6.54 Å². The van der Waals surface area contributed by atoms with Gasteiger partial charge in [-0.2, -0.15) is 13.2 Å². The number of carbonyl (C=O) groups is 1. The van der Waals surface area contributed by atoms with E-state index in [1.165, 1.54) is 24.3 Å². The van der Waals surface area contributed by atoms with Crippen LogP contribution in [-0.2, 0) is 21.0 Å². The van der Waals surface area contributed by atoms with Gasteiger partial charge in [-0.15, -0.1) is 10.2 Å². The Bertz CT molecular complexity index is 1570. The first-order valence-electron chi connectivity index (χ1n) is 10.2. The lowest BCUT2D eigenvalue weighted by molar-refractivity contribution is -0.137. The summed E-state index contributed by atoms with van der Waals surface area (Å²) in [6.45, 7) is -0.936. The normalized spacial score (nSPS) is 12.3. The van der Waals surface area contributed by atoms with E-state index in [2.05, 4.69) is 31.1 Å². The number of aromatic nitrogens is 1. The zero-order valence-electron chi connectivity index (χ0n) is 18.1. The minimum Gasteiger partial charge on any atom is -0.493 e. The van der Waals surface area contributed by atoms with Crippen molar-refractivity contribution in [2.75, 3.05) is 10.8 Å². The Labute approximate surface area is 211 Å². The van der Waals surface area contributed by atoms with Crippen LogP contribution >= 0.6 is 15.9 Å². The number of nitrogens with zero attached hydrogens (tertiary/aromatic N) is 3. The Morgan fingerprint density at radius 1 is 1.03 bits per heavy atom. The number of hydrogen-bond donors (Lipinski definition) is 2. The number of anilines is 1. The molecule has 1 aromatic heterocycles. The molecule has 3 aromatic carbocycles. The number of fused-ring (bicyclic) bond motifs is 1. The molecule has 0 spiro atoms. The lowest BCUT2D eigenvalue weighted by atomic mass is 10.2. The number of H-pyrrole nitrogens is 1. The van der Waals surface area contributed by atoms with Crippen LogP contribution in [0.5, 0.6) is 5.88 Å². The van der Waals surface area contributed by atoms with Crippen molar-refractivity contribution >= 4 is 54.1 Å². The van der Waals surface area contributed by atoms with E-state index in [1.807, 2.05) is 0 Å². The molecule has 186 valence electrons. The predicted octanol–water partition coefficient (Wildman–Crippen LogP) is 6.16. The molecule has 36 heavy (non-hydrogen) atoms. The number of amides is 1. The second-order valence-corrected chi connectivity index (χ2v) is 10.3. The number of rotatable bonds is 6. The number of alkyl halides is 3. The molecule has 0 aliphatic rings. The second kappa shape index (κ2) is 9.74. The van der Waals surface area contributed by atoms with E-state index in [1.54, 1.807) is 24.3 Å². The van der Waals surface area contributed by atoms with Gasteiger partial charge >= 0.3 is 6.18 Å². The third-order valence-electron chi connectivity index (χ3n) is 5.05. The SMILES string of the molecule is O=C(CN(c1cccc(C(F)(F)F)c1)S(=O)(=O)c1ccccc1)N=Nc1c(O)[nH]c2ccc(Br)cc12. The highest BCUT2D eigenvalue weighted by molar-refractivity contribution is 9.10. The molecule has 0 aliphatic heterocycles. The molecule has 4 aromatic rings. The number of carbonyl (C=O) groups excluding carboxylic acids is 1. The number of halogens is 4. The molecule has 0 radical (unpaired) electrons. The fourth-order valence-corrected chi connectivity index (χ4v) is 5.16. The van der Waals surface area contributed by atoms with E-state index in [0.717, 1.165) is 18.2 Å². The Balaban J connectivity index is 1.72. The molecule has 0 saturated heterocycles. The smallest absolute Gasteiger partial charge is 0.416 e. The summed E-state index contributed by atoms with van der Waals surface area (Å²) in [4.78, 5) is 15.1. The Hall–Kier alpha value is -3.71. The zero-order chi connectivity index (χ0) is 26.1. The van der Waals surface area contributed by atoms with Crippen LogP contribution in [0.4, 0.5) is 24.5 Å². The average molecular weight is 581 g/mol. The number of hydrogen-bond acceptors (Lipinski definition) is 5. The minimum absolute atomic E-state index is 0.0591. The van der Waals surface area contributed by atoms with Crippen LogP contribution in [0, 0.1) is 0 Å². The minimum atomic E-state index is -4.73. The van der Waals surface area contributed by atoms with Gasteiger partial charge in [-0.3, -0.25) is 9.10 Å². The molecule has 0 atom stereocenters. The molecular formula is C23H16BrF3N4O4S. The molecule has 0 saturated carbocycles. The molecule has 2 N–H and O–H groups in total. The fourth-order valence-electron chi connectivity index (χ4n) is 3.37. The van der Waals surface area contributed by atoms with Crippen molar-refractivity contribution < 1.29 is 31.5 Å². The van der Waals surface area contributed by atoms with Gasteiger partial charge in [-0.25, -0.2) is 8.42 Å². The maximum absolute atomic E-state index is 13.3. The standard InChI is InChI=1S/C23H16BrF3N4O4S/c24-15-9-10-19-18(12-15)21(22(33)28-19)30-29-20(32)13-31(36(34,35)17-7-2-1-3-8-17)16-6-4-5-14(11-16)23(25,26)27/h1-12,28,33H,13H2. The largest absolute Gasteiger partial charge is 0.493 e.